The van der Waals surface area contributed by atoms with Crippen molar-refractivity contribution in [1.82, 2.24) is 5.32 Å². The standard InChI is InChI=1S/C15H15ClF3N/c1-8-4-10(3)12(5-9(8)2)14-13(16)6-11(7-20-14)15(17,18)19/h4-7,14,20H,1-3H3. The summed E-state index contributed by atoms with van der Waals surface area (Å²) in [6, 6.07) is 3.55. The van der Waals surface area contributed by atoms with Crippen LogP contribution in [0.1, 0.15) is 28.3 Å². The number of benzene rings is 1. The third-order valence-electron chi connectivity index (χ3n) is 3.50. The molecule has 0 fully saturated rings. The lowest BCUT2D eigenvalue weighted by Crippen LogP contribution is -2.25. The molecule has 2 rings (SSSR count). The van der Waals surface area contributed by atoms with Crippen molar-refractivity contribution in [3.63, 3.8) is 0 Å². The lowest BCUT2D eigenvalue weighted by Gasteiger charge is -2.25. The minimum atomic E-state index is -4.39. The molecule has 1 unspecified atom stereocenters. The lowest BCUT2D eigenvalue weighted by atomic mass is 9.94. The van der Waals surface area contributed by atoms with Gasteiger partial charge in [-0.25, -0.2) is 0 Å². The summed E-state index contributed by atoms with van der Waals surface area (Å²) in [5, 5.41) is 2.89. The van der Waals surface area contributed by atoms with Crippen molar-refractivity contribution in [2.24, 2.45) is 0 Å². The van der Waals surface area contributed by atoms with E-state index in [2.05, 4.69) is 5.32 Å². The second kappa shape index (κ2) is 5.17. The molecule has 1 aliphatic rings. The Morgan fingerprint density at radius 3 is 2.20 bits per heavy atom. The smallest absolute Gasteiger partial charge is 0.379 e. The minimum Gasteiger partial charge on any atom is -0.379 e. The molecule has 1 heterocycles. The molecule has 1 aromatic carbocycles. The van der Waals surface area contributed by atoms with Crippen LogP contribution in [-0.2, 0) is 0 Å². The maximum atomic E-state index is 12.6. The van der Waals surface area contributed by atoms with E-state index in [9.17, 15) is 13.2 Å². The molecule has 1 aromatic rings. The maximum absolute atomic E-state index is 12.6. The normalized spacial score (nSPS) is 19.2. The average molecular weight is 302 g/mol. The fourth-order valence-corrected chi connectivity index (χ4v) is 2.52. The zero-order valence-corrected chi connectivity index (χ0v) is 12.2. The summed E-state index contributed by atoms with van der Waals surface area (Å²) >= 11 is 6.04. The fraction of sp³-hybridized carbons (Fsp3) is 0.333. The fourth-order valence-electron chi connectivity index (χ4n) is 2.22. The van der Waals surface area contributed by atoms with E-state index in [1.165, 1.54) is 0 Å². The molecule has 0 spiro atoms. The van der Waals surface area contributed by atoms with Gasteiger partial charge in [-0.05, 0) is 49.1 Å². The van der Waals surface area contributed by atoms with E-state index >= 15 is 0 Å². The van der Waals surface area contributed by atoms with Crippen molar-refractivity contribution in [2.75, 3.05) is 0 Å². The Labute approximate surface area is 121 Å². The Bertz CT molecular complexity index is 600. The van der Waals surface area contributed by atoms with Crippen LogP contribution in [0.5, 0.6) is 0 Å². The van der Waals surface area contributed by atoms with E-state index in [0.717, 1.165) is 34.5 Å². The van der Waals surface area contributed by atoms with E-state index < -0.39 is 17.8 Å². The summed E-state index contributed by atoms with van der Waals surface area (Å²) in [6.45, 7) is 5.89. The van der Waals surface area contributed by atoms with Crippen molar-refractivity contribution in [3.8, 4) is 0 Å². The SMILES string of the molecule is Cc1cc(C)c(C2NC=C(C(F)(F)F)C=C2Cl)cc1C. The van der Waals surface area contributed by atoms with Gasteiger partial charge >= 0.3 is 6.18 Å². The number of alkyl halides is 3. The molecule has 5 heteroatoms. The van der Waals surface area contributed by atoms with Crippen molar-refractivity contribution in [3.05, 3.63) is 57.3 Å². The summed E-state index contributed by atoms with van der Waals surface area (Å²) in [7, 11) is 0. The number of hydrogen-bond donors (Lipinski definition) is 1. The van der Waals surface area contributed by atoms with Crippen LogP contribution in [0.3, 0.4) is 0 Å². The quantitative estimate of drug-likeness (QED) is 0.784. The Balaban J connectivity index is 2.37. The first-order chi connectivity index (χ1) is 9.20. The lowest BCUT2D eigenvalue weighted by molar-refractivity contribution is -0.0888. The van der Waals surface area contributed by atoms with Crippen LogP contribution in [0.2, 0.25) is 0 Å². The molecule has 0 saturated carbocycles. The molecule has 1 nitrogen and oxygen atoms in total. The summed E-state index contributed by atoms with van der Waals surface area (Å²) in [4.78, 5) is 0. The summed E-state index contributed by atoms with van der Waals surface area (Å²) < 4.78 is 37.9. The van der Waals surface area contributed by atoms with E-state index in [1.54, 1.807) is 0 Å². The molecule has 0 saturated heterocycles. The highest BCUT2D eigenvalue weighted by atomic mass is 35.5. The molecule has 1 aliphatic heterocycles. The van der Waals surface area contributed by atoms with Crippen molar-refractivity contribution in [2.45, 2.75) is 33.0 Å². The molecule has 0 radical (unpaired) electrons. The molecule has 0 aromatic heterocycles. The van der Waals surface area contributed by atoms with E-state index in [4.69, 9.17) is 11.6 Å². The van der Waals surface area contributed by atoms with Crippen molar-refractivity contribution >= 4 is 11.6 Å². The zero-order chi connectivity index (χ0) is 15.1. The van der Waals surface area contributed by atoms with Crippen LogP contribution < -0.4 is 5.32 Å². The van der Waals surface area contributed by atoms with Gasteiger partial charge in [-0.3, -0.25) is 0 Å². The first-order valence-electron chi connectivity index (χ1n) is 6.18. The van der Waals surface area contributed by atoms with Gasteiger partial charge in [-0.1, -0.05) is 23.7 Å². The van der Waals surface area contributed by atoms with Gasteiger partial charge in [-0.15, -0.1) is 0 Å². The summed E-state index contributed by atoms with van der Waals surface area (Å²) in [5.41, 5.74) is 3.37. The topological polar surface area (TPSA) is 12.0 Å². The van der Waals surface area contributed by atoms with E-state index in [0.29, 0.717) is 0 Å². The number of dihydropyridines is 1. The predicted molar refractivity (Wildman–Crippen MR) is 74.6 cm³/mol. The molecular formula is C15H15ClF3N. The Morgan fingerprint density at radius 2 is 1.65 bits per heavy atom. The maximum Gasteiger partial charge on any atom is 0.417 e. The van der Waals surface area contributed by atoms with Gasteiger partial charge in [0.25, 0.3) is 0 Å². The molecule has 0 aliphatic carbocycles. The number of hydrogen-bond acceptors (Lipinski definition) is 1. The van der Waals surface area contributed by atoms with Gasteiger partial charge in [0.05, 0.1) is 11.6 Å². The highest BCUT2D eigenvalue weighted by Gasteiger charge is 2.35. The van der Waals surface area contributed by atoms with E-state index in [-0.39, 0.29) is 5.03 Å². The molecule has 0 bridgehead atoms. The molecule has 20 heavy (non-hydrogen) atoms. The number of nitrogens with one attached hydrogen (secondary N) is 1. The first-order valence-corrected chi connectivity index (χ1v) is 6.56. The molecular weight excluding hydrogens is 287 g/mol. The third kappa shape index (κ3) is 2.85. The predicted octanol–water partition coefficient (Wildman–Crippen LogP) is 4.83. The Kier molecular flexibility index (Phi) is 3.87. The van der Waals surface area contributed by atoms with Gasteiger partial charge in [0.1, 0.15) is 0 Å². The van der Waals surface area contributed by atoms with Crippen LogP contribution in [0.4, 0.5) is 13.2 Å². The minimum absolute atomic E-state index is 0.145. The number of halogens is 4. The van der Waals surface area contributed by atoms with E-state index in [1.807, 2.05) is 32.9 Å². The average Bonchev–Trinajstić information content (AvgIpc) is 2.33. The zero-order valence-electron chi connectivity index (χ0n) is 11.4. The second-order valence-corrected chi connectivity index (χ2v) is 5.46. The number of aryl methyl sites for hydroxylation is 3. The molecule has 0 amide bonds. The molecule has 1 N–H and O–H groups in total. The Hall–Kier alpha value is -1.42. The van der Waals surface area contributed by atoms with Crippen molar-refractivity contribution < 1.29 is 13.2 Å². The van der Waals surface area contributed by atoms with Gasteiger partial charge in [-0.2, -0.15) is 13.2 Å². The monoisotopic (exact) mass is 301 g/mol. The third-order valence-corrected chi connectivity index (χ3v) is 3.82. The van der Waals surface area contributed by atoms with Gasteiger partial charge in [0.15, 0.2) is 0 Å². The van der Waals surface area contributed by atoms with Crippen LogP contribution in [0, 0.1) is 20.8 Å². The first kappa shape index (κ1) is 15.0. The second-order valence-electron chi connectivity index (χ2n) is 5.02. The van der Waals surface area contributed by atoms with Crippen LogP contribution in [0.25, 0.3) is 0 Å². The molecule has 1 atom stereocenters. The van der Waals surface area contributed by atoms with Crippen LogP contribution >= 0.6 is 11.6 Å². The number of rotatable bonds is 1. The largest absolute Gasteiger partial charge is 0.417 e. The van der Waals surface area contributed by atoms with Gasteiger partial charge in [0, 0.05) is 11.2 Å². The summed E-state index contributed by atoms with van der Waals surface area (Å²) in [5.74, 6) is 0. The van der Waals surface area contributed by atoms with Crippen molar-refractivity contribution in [1.29, 1.82) is 0 Å². The Morgan fingerprint density at radius 1 is 1.05 bits per heavy atom. The summed E-state index contributed by atoms with van der Waals surface area (Å²) in [6.07, 6.45) is -2.43. The van der Waals surface area contributed by atoms with Gasteiger partial charge < -0.3 is 5.32 Å². The highest BCUT2D eigenvalue weighted by molar-refractivity contribution is 6.30. The molecule has 108 valence electrons. The van der Waals surface area contributed by atoms with Gasteiger partial charge in [0.2, 0.25) is 0 Å². The number of allylic oxidation sites excluding steroid dienone is 2. The highest BCUT2D eigenvalue weighted by Crippen LogP contribution is 2.36. The van der Waals surface area contributed by atoms with Crippen LogP contribution in [-0.4, -0.2) is 6.18 Å². The van der Waals surface area contributed by atoms with Crippen LogP contribution in [0.15, 0.2) is 35.0 Å².